The number of rotatable bonds is 0. The summed E-state index contributed by atoms with van der Waals surface area (Å²) in [7, 11) is 2.10. The zero-order valence-corrected chi connectivity index (χ0v) is 8.98. The third-order valence-electron chi connectivity index (χ3n) is 2.59. The minimum absolute atomic E-state index is 0.925. The molecule has 76 valence electrons. The van der Waals surface area contributed by atoms with E-state index in [1.165, 1.54) is 11.3 Å². The molecule has 0 bridgehead atoms. The Morgan fingerprint density at radius 1 is 1.20 bits per heavy atom. The zero-order chi connectivity index (χ0) is 10.7. The van der Waals surface area contributed by atoms with Crippen LogP contribution in [0.15, 0.2) is 55.1 Å². The first-order valence-electron chi connectivity index (χ1n) is 5.11. The van der Waals surface area contributed by atoms with E-state index in [1.807, 2.05) is 6.08 Å². The van der Waals surface area contributed by atoms with Gasteiger partial charge in [0.15, 0.2) is 0 Å². The molecule has 0 spiro atoms. The normalized spacial score (nSPS) is 19.8. The van der Waals surface area contributed by atoms with Gasteiger partial charge in [-0.3, -0.25) is 0 Å². The van der Waals surface area contributed by atoms with Crippen molar-refractivity contribution in [1.29, 1.82) is 0 Å². The van der Waals surface area contributed by atoms with E-state index in [-0.39, 0.29) is 0 Å². The van der Waals surface area contributed by atoms with Crippen LogP contribution in [-0.2, 0) is 0 Å². The summed E-state index contributed by atoms with van der Waals surface area (Å²) in [6.45, 7) is 5.01. The Kier molecular flexibility index (Phi) is 2.72. The predicted octanol–water partition coefficient (Wildman–Crippen LogP) is 3.26. The van der Waals surface area contributed by atoms with Crippen molar-refractivity contribution in [2.24, 2.45) is 0 Å². The average molecular weight is 197 g/mol. The Bertz CT molecular complexity index is 427. The van der Waals surface area contributed by atoms with Gasteiger partial charge < -0.3 is 4.90 Å². The average Bonchev–Trinajstić information content (AvgIpc) is 2.33. The van der Waals surface area contributed by atoms with E-state index < -0.39 is 0 Å². The number of para-hydroxylation sites is 1. The van der Waals surface area contributed by atoms with Gasteiger partial charge in [0.05, 0.1) is 0 Å². The maximum atomic E-state index is 4.09. The maximum Gasteiger partial charge on any atom is 0.0445 e. The molecule has 1 heteroatoms. The van der Waals surface area contributed by atoms with Crippen molar-refractivity contribution in [2.75, 3.05) is 18.5 Å². The lowest BCUT2D eigenvalue weighted by Crippen LogP contribution is -2.17. The number of hydrogen-bond donors (Lipinski definition) is 0. The lowest BCUT2D eigenvalue weighted by molar-refractivity contribution is 1.03. The molecule has 0 atom stereocenters. The highest BCUT2D eigenvalue weighted by atomic mass is 15.1. The molecule has 0 aliphatic carbocycles. The molecule has 0 amide bonds. The van der Waals surface area contributed by atoms with Gasteiger partial charge in [0, 0.05) is 24.8 Å². The largest absolute Gasteiger partial charge is 0.370 e. The van der Waals surface area contributed by atoms with Crippen LogP contribution in [0, 0.1) is 0 Å². The van der Waals surface area contributed by atoms with Gasteiger partial charge in [-0.2, -0.15) is 0 Å². The molecule has 1 aliphatic rings. The van der Waals surface area contributed by atoms with Crippen molar-refractivity contribution in [1.82, 2.24) is 0 Å². The topological polar surface area (TPSA) is 3.24 Å². The second kappa shape index (κ2) is 4.18. The number of anilines is 1. The van der Waals surface area contributed by atoms with Crippen LogP contribution in [0.25, 0.3) is 5.57 Å². The van der Waals surface area contributed by atoms with Crippen LogP contribution in [0.1, 0.15) is 5.56 Å². The second-order valence-corrected chi connectivity index (χ2v) is 3.71. The van der Waals surface area contributed by atoms with Crippen LogP contribution in [0.2, 0.25) is 0 Å². The van der Waals surface area contributed by atoms with Gasteiger partial charge in [0.1, 0.15) is 0 Å². The van der Waals surface area contributed by atoms with Crippen molar-refractivity contribution in [3.63, 3.8) is 0 Å². The van der Waals surface area contributed by atoms with Gasteiger partial charge in [0.2, 0.25) is 0 Å². The molecule has 1 aromatic carbocycles. The van der Waals surface area contributed by atoms with Crippen molar-refractivity contribution >= 4 is 11.3 Å². The summed E-state index contributed by atoms with van der Waals surface area (Å²) < 4.78 is 0. The van der Waals surface area contributed by atoms with Gasteiger partial charge in [-0.05, 0) is 11.6 Å². The molecule has 1 heterocycles. The molecule has 2 rings (SSSR count). The fraction of sp³-hybridized carbons (Fsp3) is 0.143. The molecule has 1 aliphatic heterocycles. The number of likely N-dealkylation sites (N-methyl/N-ethyl adjacent to an activating group) is 1. The molecule has 0 saturated heterocycles. The maximum absolute atomic E-state index is 4.09. The summed E-state index contributed by atoms with van der Waals surface area (Å²) in [5, 5.41) is 0. The highest BCUT2D eigenvalue weighted by Crippen LogP contribution is 2.26. The first kappa shape index (κ1) is 9.78. The molecule has 0 unspecified atom stereocenters. The molecule has 0 radical (unpaired) electrons. The molecule has 0 N–H and O–H groups in total. The lowest BCUT2D eigenvalue weighted by Gasteiger charge is -2.20. The van der Waals surface area contributed by atoms with E-state index in [1.54, 1.807) is 0 Å². The smallest absolute Gasteiger partial charge is 0.0445 e. The third kappa shape index (κ3) is 2.01. The molecule has 1 aromatic rings. The quantitative estimate of drug-likeness (QED) is 0.617. The summed E-state index contributed by atoms with van der Waals surface area (Å²) in [5.41, 5.74) is 3.50. The fourth-order valence-corrected chi connectivity index (χ4v) is 1.74. The zero-order valence-electron chi connectivity index (χ0n) is 8.98. The minimum atomic E-state index is 0.925. The van der Waals surface area contributed by atoms with Gasteiger partial charge >= 0.3 is 0 Å². The van der Waals surface area contributed by atoms with Crippen LogP contribution in [0.3, 0.4) is 0 Å². The standard InChI is InChI=1S/C14H15N/c1-12-8-4-3-7-11-15(2)14-10-6-5-9-13(12)14/h3-10H,1,11H2,2H3/b7-3-,8-4-. The minimum Gasteiger partial charge on any atom is -0.370 e. The van der Waals surface area contributed by atoms with Crippen molar-refractivity contribution in [3.05, 3.63) is 60.7 Å². The number of benzene rings is 1. The van der Waals surface area contributed by atoms with Gasteiger partial charge in [-0.1, -0.05) is 49.1 Å². The Balaban J connectivity index is 2.52. The molecular weight excluding hydrogens is 182 g/mol. The first-order valence-corrected chi connectivity index (χ1v) is 5.11. The van der Waals surface area contributed by atoms with Crippen LogP contribution in [0.5, 0.6) is 0 Å². The monoisotopic (exact) mass is 197 g/mol. The van der Waals surface area contributed by atoms with Crippen molar-refractivity contribution < 1.29 is 0 Å². The van der Waals surface area contributed by atoms with Crippen molar-refractivity contribution in [3.8, 4) is 0 Å². The van der Waals surface area contributed by atoms with Gasteiger partial charge in [0.25, 0.3) is 0 Å². The third-order valence-corrected chi connectivity index (χ3v) is 2.59. The highest BCUT2D eigenvalue weighted by Gasteiger charge is 2.07. The number of fused-ring (bicyclic) bond motifs is 1. The van der Waals surface area contributed by atoms with Crippen LogP contribution in [0.4, 0.5) is 5.69 Å². The Morgan fingerprint density at radius 3 is 2.87 bits per heavy atom. The van der Waals surface area contributed by atoms with E-state index in [0.717, 1.165) is 12.1 Å². The molecule has 0 fully saturated rings. The molecule has 0 saturated carbocycles. The van der Waals surface area contributed by atoms with E-state index in [4.69, 9.17) is 0 Å². The van der Waals surface area contributed by atoms with Gasteiger partial charge in [-0.15, -0.1) is 0 Å². The summed E-state index contributed by atoms with van der Waals surface area (Å²) >= 11 is 0. The van der Waals surface area contributed by atoms with E-state index in [2.05, 4.69) is 61.0 Å². The Morgan fingerprint density at radius 2 is 2.00 bits per heavy atom. The second-order valence-electron chi connectivity index (χ2n) is 3.71. The van der Waals surface area contributed by atoms with E-state index in [0.29, 0.717) is 0 Å². The first-order chi connectivity index (χ1) is 7.29. The molecule has 1 nitrogen and oxygen atoms in total. The summed E-state index contributed by atoms with van der Waals surface area (Å²) in [6, 6.07) is 8.36. The van der Waals surface area contributed by atoms with Gasteiger partial charge in [-0.25, -0.2) is 0 Å². The molecule has 0 aromatic heterocycles. The number of nitrogens with zero attached hydrogens (tertiary/aromatic N) is 1. The predicted molar refractivity (Wildman–Crippen MR) is 67.0 cm³/mol. The summed E-state index contributed by atoms with van der Waals surface area (Å²) in [4.78, 5) is 2.23. The van der Waals surface area contributed by atoms with Crippen LogP contribution < -0.4 is 4.90 Å². The SMILES string of the molecule is C=C1/C=C\C=C/CN(C)c2ccccc21. The highest BCUT2D eigenvalue weighted by molar-refractivity contribution is 5.81. The molecule has 15 heavy (non-hydrogen) atoms. The van der Waals surface area contributed by atoms with Crippen molar-refractivity contribution in [2.45, 2.75) is 0 Å². The fourth-order valence-electron chi connectivity index (χ4n) is 1.74. The lowest BCUT2D eigenvalue weighted by atomic mass is 10.0. The Hall–Kier alpha value is -1.76. The van der Waals surface area contributed by atoms with E-state index in [9.17, 15) is 0 Å². The molecular formula is C14H15N. The van der Waals surface area contributed by atoms with Crippen LogP contribution in [-0.4, -0.2) is 13.6 Å². The number of hydrogen-bond acceptors (Lipinski definition) is 1. The summed E-state index contributed by atoms with van der Waals surface area (Å²) in [6.07, 6.45) is 8.30. The summed E-state index contributed by atoms with van der Waals surface area (Å²) in [5.74, 6) is 0. The van der Waals surface area contributed by atoms with E-state index >= 15 is 0 Å². The Labute approximate surface area is 91.0 Å². The van der Waals surface area contributed by atoms with Crippen LogP contribution >= 0.6 is 0 Å². The number of allylic oxidation sites excluding steroid dienone is 4.